The van der Waals surface area contributed by atoms with Gasteiger partial charge in [0.15, 0.2) is 0 Å². The van der Waals surface area contributed by atoms with E-state index in [-0.39, 0.29) is 0 Å². The number of rotatable bonds is 3. The van der Waals surface area contributed by atoms with Crippen LogP contribution in [-0.4, -0.2) is 10.1 Å². The highest BCUT2D eigenvalue weighted by Gasteiger charge is 2.12. The minimum atomic E-state index is -0.522. The number of benzene rings is 1. The van der Waals surface area contributed by atoms with Gasteiger partial charge in [0.2, 0.25) is 0 Å². The quantitative estimate of drug-likeness (QED) is 0.878. The van der Waals surface area contributed by atoms with E-state index in [9.17, 15) is 5.11 Å². The van der Waals surface area contributed by atoms with Gasteiger partial charge in [-0.1, -0.05) is 22.0 Å². The van der Waals surface area contributed by atoms with Crippen LogP contribution < -0.4 is 0 Å². The molecule has 0 radical (unpaired) electrons. The largest absolute Gasteiger partial charge is 0.388 e. The summed E-state index contributed by atoms with van der Waals surface area (Å²) in [6.07, 6.45) is 1.75. The van der Waals surface area contributed by atoms with Crippen molar-refractivity contribution in [2.45, 2.75) is 19.4 Å². The Morgan fingerprint density at radius 1 is 1.17 bits per heavy atom. The van der Waals surface area contributed by atoms with Crippen LogP contribution in [-0.2, 0) is 6.42 Å². The van der Waals surface area contributed by atoms with E-state index < -0.39 is 6.10 Å². The first kappa shape index (κ1) is 13.7. The number of hydrogen-bond acceptors (Lipinski definition) is 2. The second-order valence-electron chi connectivity index (χ2n) is 4.19. The first-order chi connectivity index (χ1) is 8.56. The molecule has 4 heteroatoms. The van der Waals surface area contributed by atoms with Crippen LogP contribution >= 0.6 is 31.9 Å². The third kappa shape index (κ3) is 3.40. The van der Waals surface area contributed by atoms with Crippen molar-refractivity contribution in [3.63, 3.8) is 0 Å². The molecule has 1 heterocycles. The second-order valence-corrected chi connectivity index (χ2v) is 6.02. The fourth-order valence-electron chi connectivity index (χ4n) is 1.85. The summed E-state index contributed by atoms with van der Waals surface area (Å²) in [5.41, 5.74) is 2.91. The Hall–Kier alpha value is -0.710. The molecule has 0 saturated heterocycles. The lowest BCUT2D eigenvalue weighted by atomic mass is 10.00. The number of halogens is 2. The molecule has 1 aromatic carbocycles. The summed E-state index contributed by atoms with van der Waals surface area (Å²) in [6.45, 7) is 2.00. The van der Waals surface area contributed by atoms with E-state index in [1.165, 1.54) is 0 Å². The fraction of sp³-hybridized carbons (Fsp3) is 0.214. The molecule has 94 valence electrons. The topological polar surface area (TPSA) is 33.1 Å². The molecule has 0 aliphatic heterocycles. The van der Waals surface area contributed by atoms with Gasteiger partial charge in [-0.05, 0) is 58.2 Å². The van der Waals surface area contributed by atoms with Crippen LogP contribution in [0.1, 0.15) is 22.9 Å². The van der Waals surface area contributed by atoms with Gasteiger partial charge in [0.05, 0.1) is 6.10 Å². The summed E-state index contributed by atoms with van der Waals surface area (Å²) in [7, 11) is 0. The molecule has 0 spiro atoms. The van der Waals surface area contributed by atoms with E-state index >= 15 is 0 Å². The zero-order valence-corrected chi connectivity index (χ0v) is 13.1. The van der Waals surface area contributed by atoms with Crippen molar-refractivity contribution in [1.29, 1.82) is 0 Å². The molecule has 0 saturated carbocycles. The summed E-state index contributed by atoms with van der Waals surface area (Å²) in [5.74, 6) is 0. The zero-order chi connectivity index (χ0) is 13.1. The Balaban J connectivity index is 2.16. The number of aliphatic hydroxyl groups excluding tert-OH is 1. The monoisotopic (exact) mass is 369 g/mol. The normalized spacial score (nSPS) is 12.4. The van der Waals surface area contributed by atoms with Crippen molar-refractivity contribution in [3.05, 3.63) is 62.3 Å². The Labute approximate surface area is 123 Å². The Morgan fingerprint density at radius 2 is 1.89 bits per heavy atom. The van der Waals surface area contributed by atoms with Crippen LogP contribution in [0.4, 0.5) is 0 Å². The summed E-state index contributed by atoms with van der Waals surface area (Å²) >= 11 is 6.77. The molecule has 0 bridgehead atoms. The number of aliphatic hydroxyl groups is 1. The van der Waals surface area contributed by atoms with E-state index in [1.54, 1.807) is 6.20 Å². The predicted molar refractivity (Wildman–Crippen MR) is 79.5 cm³/mol. The van der Waals surface area contributed by atoms with Gasteiger partial charge in [-0.25, -0.2) is 0 Å². The standard InChI is InChI=1S/C14H13Br2NO/c1-9-6-10(15)3-5-13(9)14(18)7-12-4-2-11(16)8-17-12/h2-6,8,14,18H,7H2,1H3. The highest BCUT2D eigenvalue weighted by atomic mass is 79.9. The maximum absolute atomic E-state index is 10.2. The van der Waals surface area contributed by atoms with E-state index in [4.69, 9.17) is 0 Å². The molecular weight excluding hydrogens is 358 g/mol. The van der Waals surface area contributed by atoms with E-state index in [0.717, 1.165) is 25.8 Å². The Kier molecular flexibility index (Phi) is 4.54. The molecule has 0 amide bonds. The Morgan fingerprint density at radius 3 is 2.50 bits per heavy atom. The first-order valence-electron chi connectivity index (χ1n) is 5.61. The summed E-state index contributed by atoms with van der Waals surface area (Å²) in [6, 6.07) is 9.75. The van der Waals surface area contributed by atoms with Crippen LogP contribution in [0.3, 0.4) is 0 Å². The van der Waals surface area contributed by atoms with E-state index in [2.05, 4.69) is 36.8 Å². The zero-order valence-electron chi connectivity index (χ0n) is 9.90. The highest BCUT2D eigenvalue weighted by molar-refractivity contribution is 9.10. The molecule has 1 N–H and O–H groups in total. The Bertz CT molecular complexity index is 540. The van der Waals surface area contributed by atoms with Crippen molar-refractivity contribution in [3.8, 4) is 0 Å². The average molecular weight is 371 g/mol. The molecule has 0 aliphatic carbocycles. The smallest absolute Gasteiger partial charge is 0.0848 e. The van der Waals surface area contributed by atoms with Crippen LogP contribution in [0, 0.1) is 6.92 Å². The molecule has 2 aromatic rings. The lowest BCUT2D eigenvalue weighted by Crippen LogP contribution is -2.05. The van der Waals surface area contributed by atoms with Gasteiger partial charge < -0.3 is 5.11 Å². The van der Waals surface area contributed by atoms with Crippen molar-refractivity contribution >= 4 is 31.9 Å². The number of pyridine rings is 1. The van der Waals surface area contributed by atoms with Crippen molar-refractivity contribution in [1.82, 2.24) is 4.98 Å². The van der Waals surface area contributed by atoms with Crippen molar-refractivity contribution in [2.24, 2.45) is 0 Å². The molecule has 18 heavy (non-hydrogen) atoms. The maximum atomic E-state index is 10.2. The summed E-state index contributed by atoms with van der Waals surface area (Å²) in [5, 5.41) is 10.2. The fourth-order valence-corrected chi connectivity index (χ4v) is 2.56. The van der Waals surface area contributed by atoms with Crippen molar-refractivity contribution in [2.75, 3.05) is 0 Å². The first-order valence-corrected chi connectivity index (χ1v) is 7.19. The van der Waals surface area contributed by atoms with Crippen molar-refractivity contribution < 1.29 is 5.11 Å². The van der Waals surface area contributed by atoms with Gasteiger partial charge in [-0.3, -0.25) is 4.98 Å². The van der Waals surface area contributed by atoms with Crippen LogP contribution in [0.25, 0.3) is 0 Å². The van der Waals surface area contributed by atoms with Crippen LogP contribution in [0.15, 0.2) is 45.5 Å². The lowest BCUT2D eigenvalue weighted by molar-refractivity contribution is 0.176. The highest BCUT2D eigenvalue weighted by Crippen LogP contribution is 2.24. The van der Waals surface area contributed by atoms with E-state index in [1.807, 2.05) is 37.3 Å². The average Bonchev–Trinajstić information content (AvgIpc) is 2.32. The SMILES string of the molecule is Cc1cc(Br)ccc1C(O)Cc1ccc(Br)cn1. The lowest BCUT2D eigenvalue weighted by Gasteiger charge is -2.13. The van der Waals surface area contributed by atoms with Gasteiger partial charge in [0, 0.05) is 27.3 Å². The summed E-state index contributed by atoms with van der Waals surface area (Å²) in [4.78, 5) is 4.27. The molecule has 1 aromatic heterocycles. The molecule has 0 aliphatic rings. The number of hydrogen-bond donors (Lipinski definition) is 1. The second kappa shape index (κ2) is 5.95. The van der Waals surface area contributed by atoms with Gasteiger partial charge >= 0.3 is 0 Å². The number of aryl methyl sites for hydroxylation is 1. The summed E-state index contributed by atoms with van der Waals surface area (Å²) < 4.78 is 1.97. The molecule has 1 atom stereocenters. The third-order valence-corrected chi connectivity index (χ3v) is 3.74. The maximum Gasteiger partial charge on any atom is 0.0848 e. The minimum Gasteiger partial charge on any atom is -0.388 e. The molecule has 2 rings (SSSR count). The molecule has 0 fully saturated rings. The van der Waals surface area contributed by atoms with Crippen LogP contribution in [0.5, 0.6) is 0 Å². The molecule has 2 nitrogen and oxygen atoms in total. The van der Waals surface area contributed by atoms with Crippen LogP contribution in [0.2, 0.25) is 0 Å². The van der Waals surface area contributed by atoms with Gasteiger partial charge in [-0.2, -0.15) is 0 Å². The van der Waals surface area contributed by atoms with E-state index in [0.29, 0.717) is 6.42 Å². The van der Waals surface area contributed by atoms with Gasteiger partial charge in [0.1, 0.15) is 0 Å². The van der Waals surface area contributed by atoms with Gasteiger partial charge in [-0.15, -0.1) is 0 Å². The minimum absolute atomic E-state index is 0.522. The molecular formula is C14H13Br2NO. The molecule has 1 unspecified atom stereocenters. The number of nitrogens with zero attached hydrogens (tertiary/aromatic N) is 1. The predicted octanol–water partition coefficient (Wildman–Crippen LogP) is 4.19. The third-order valence-electron chi connectivity index (χ3n) is 2.78. The van der Waals surface area contributed by atoms with Gasteiger partial charge in [0.25, 0.3) is 0 Å². The number of aromatic nitrogens is 1.